The van der Waals surface area contributed by atoms with Gasteiger partial charge in [-0.15, -0.1) is 11.3 Å². The molecule has 2 nitrogen and oxygen atoms in total. The Morgan fingerprint density at radius 1 is 1.53 bits per heavy atom. The van der Waals surface area contributed by atoms with Crippen LogP contribution in [0.25, 0.3) is 0 Å². The molecule has 1 aromatic rings. The van der Waals surface area contributed by atoms with Crippen molar-refractivity contribution >= 4 is 11.3 Å². The van der Waals surface area contributed by atoms with Crippen LogP contribution in [0.3, 0.4) is 0 Å². The summed E-state index contributed by atoms with van der Waals surface area (Å²) >= 11 is 1.85. The summed E-state index contributed by atoms with van der Waals surface area (Å²) in [5.41, 5.74) is 0.228. The highest BCUT2D eigenvalue weighted by Crippen LogP contribution is 2.23. The first-order valence-corrected chi connectivity index (χ1v) is 7.33. The second kappa shape index (κ2) is 6.53. The third-order valence-electron chi connectivity index (χ3n) is 4.23. The van der Waals surface area contributed by atoms with Gasteiger partial charge in [-0.05, 0) is 52.2 Å². The Balaban J connectivity index is 2.57. The van der Waals surface area contributed by atoms with E-state index in [4.69, 9.17) is 0 Å². The fourth-order valence-corrected chi connectivity index (χ4v) is 2.90. The number of nitrogens with one attached hydrogen (secondary N) is 1. The fraction of sp³-hybridized carbons (Fsp3) is 0.714. The molecule has 0 aromatic carbocycles. The van der Waals surface area contributed by atoms with Crippen LogP contribution >= 0.6 is 11.3 Å². The third kappa shape index (κ3) is 3.54. The maximum atomic E-state index is 3.39. The maximum Gasteiger partial charge on any atom is 0.0326 e. The highest BCUT2D eigenvalue weighted by molar-refractivity contribution is 7.09. The van der Waals surface area contributed by atoms with Crippen molar-refractivity contribution in [1.29, 1.82) is 0 Å². The van der Waals surface area contributed by atoms with Crippen molar-refractivity contribution in [1.82, 2.24) is 10.2 Å². The molecular formula is C14H26N2S. The normalized spacial score (nSPS) is 17.1. The van der Waals surface area contributed by atoms with E-state index in [0.717, 1.165) is 19.4 Å². The summed E-state index contributed by atoms with van der Waals surface area (Å²) in [6.07, 6.45) is 2.32. The van der Waals surface area contributed by atoms with Crippen molar-refractivity contribution in [2.45, 2.75) is 45.2 Å². The molecule has 0 amide bonds. The van der Waals surface area contributed by atoms with Gasteiger partial charge in [-0.1, -0.05) is 13.0 Å². The van der Waals surface area contributed by atoms with Crippen molar-refractivity contribution in [3.8, 4) is 0 Å². The minimum absolute atomic E-state index is 0.228. The Kier molecular flexibility index (Phi) is 5.63. The molecule has 1 heterocycles. The molecule has 0 radical (unpaired) electrons. The van der Waals surface area contributed by atoms with Crippen molar-refractivity contribution in [3.63, 3.8) is 0 Å². The Morgan fingerprint density at radius 2 is 2.24 bits per heavy atom. The maximum absolute atomic E-state index is 3.39. The van der Waals surface area contributed by atoms with Gasteiger partial charge < -0.3 is 5.32 Å². The number of hydrogen-bond donors (Lipinski definition) is 1. The van der Waals surface area contributed by atoms with Gasteiger partial charge in [-0.25, -0.2) is 0 Å². The number of hydrogen-bond acceptors (Lipinski definition) is 3. The fourth-order valence-electron chi connectivity index (χ4n) is 2.21. The Labute approximate surface area is 110 Å². The van der Waals surface area contributed by atoms with Crippen molar-refractivity contribution in [2.75, 3.05) is 20.6 Å². The molecule has 2 atom stereocenters. The van der Waals surface area contributed by atoms with Crippen LogP contribution in [0.2, 0.25) is 0 Å². The summed E-state index contributed by atoms with van der Waals surface area (Å²) in [6, 6.07) is 4.86. The van der Waals surface area contributed by atoms with Gasteiger partial charge in [-0.2, -0.15) is 0 Å². The van der Waals surface area contributed by atoms with Gasteiger partial charge in [-0.3, -0.25) is 4.90 Å². The van der Waals surface area contributed by atoms with Crippen molar-refractivity contribution in [3.05, 3.63) is 22.4 Å². The van der Waals surface area contributed by atoms with Gasteiger partial charge in [0, 0.05) is 23.0 Å². The summed E-state index contributed by atoms with van der Waals surface area (Å²) in [4.78, 5) is 3.97. The molecule has 0 bridgehead atoms. The van der Waals surface area contributed by atoms with Gasteiger partial charge in [0.05, 0.1) is 0 Å². The Hall–Kier alpha value is -0.380. The number of thiophene rings is 1. The quantitative estimate of drug-likeness (QED) is 0.805. The van der Waals surface area contributed by atoms with E-state index in [1.807, 2.05) is 18.4 Å². The second-order valence-corrected chi connectivity index (χ2v) is 6.00. The second-order valence-electron chi connectivity index (χ2n) is 4.97. The van der Waals surface area contributed by atoms with Gasteiger partial charge in [0.25, 0.3) is 0 Å². The van der Waals surface area contributed by atoms with Crippen molar-refractivity contribution < 1.29 is 0 Å². The van der Waals surface area contributed by atoms with Crippen molar-refractivity contribution in [2.24, 2.45) is 0 Å². The minimum atomic E-state index is 0.228. The average molecular weight is 254 g/mol. The van der Waals surface area contributed by atoms with E-state index in [0.29, 0.717) is 6.04 Å². The van der Waals surface area contributed by atoms with E-state index in [2.05, 4.69) is 55.5 Å². The molecule has 0 aliphatic heterocycles. The molecule has 98 valence electrons. The molecule has 1 rings (SSSR count). The third-order valence-corrected chi connectivity index (χ3v) is 5.16. The molecule has 2 unspecified atom stereocenters. The topological polar surface area (TPSA) is 15.3 Å². The van der Waals surface area contributed by atoms with E-state index < -0.39 is 0 Å². The largest absolute Gasteiger partial charge is 0.315 e. The molecule has 0 aliphatic carbocycles. The zero-order valence-corrected chi connectivity index (χ0v) is 12.6. The summed E-state index contributed by atoms with van der Waals surface area (Å²) in [5.74, 6) is 0. The highest BCUT2D eigenvalue weighted by Gasteiger charge is 2.32. The molecule has 1 aromatic heterocycles. The molecule has 0 saturated carbocycles. The van der Waals surface area contributed by atoms with Crippen LogP contribution in [0, 0.1) is 0 Å². The lowest BCUT2D eigenvalue weighted by atomic mass is 9.88. The van der Waals surface area contributed by atoms with Gasteiger partial charge >= 0.3 is 0 Å². The highest BCUT2D eigenvalue weighted by atomic mass is 32.1. The predicted molar refractivity (Wildman–Crippen MR) is 77.9 cm³/mol. The van der Waals surface area contributed by atoms with Gasteiger partial charge in [0.1, 0.15) is 0 Å². The van der Waals surface area contributed by atoms with Crippen LogP contribution in [0.1, 0.15) is 32.1 Å². The lowest BCUT2D eigenvalue weighted by molar-refractivity contribution is 0.0977. The van der Waals surface area contributed by atoms with Crippen LogP contribution in [-0.2, 0) is 6.42 Å². The van der Waals surface area contributed by atoms with E-state index in [1.54, 1.807) is 0 Å². The van der Waals surface area contributed by atoms with Crippen LogP contribution in [0.5, 0.6) is 0 Å². The van der Waals surface area contributed by atoms with Gasteiger partial charge in [0.15, 0.2) is 0 Å². The Morgan fingerprint density at radius 3 is 2.71 bits per heavy atom. The van der Waals surface area contributed by atoms with Crippen LogP contribution < -0.4 is 5.32 Å². The molecule has 0 aliphatic rings. The van der Waals surface area contributed by atoms with Crippen LogP contribution in [0.4, 0.5) is 0 Å². The monoisotopic (exact) mass is 254 g/mol. The SMILES string of the molecule is CCC(C)(C(C)NC)N(C)CCc1cccs1. The standard InChI is InChI=1S/C14H26N2S/c1-6-14(3,12(2)15-4)16(5)10-9-13-8-7-11-17-13/h7-8,11-12,15H,6,9-10H2,1-5H3. The summed E-state index contributed by atoms with van der Waals surface area (Å²) in [6.45, 7) is 8.01. The molecule has 0 saturated heterocycles. The van der Waals surface area contributed by atoms with E-state index in [-0.39, 0.29) is 5.54 Å². The summed E-state index contributed by atoms with van der Waals surface area (Å²) < 4.78 is 0. The first-order chi connectivity index (χ1) is 8.04. The van der Waals surface area contributed by atoms with E-state index >= 15 is 0 Å². The zero-order chi connectivity index (χ0) is 12.9. The smallest absolute Gasteiger partial charge is 0.0326 e. The molecule has 0 fully saturated rings. The van der Waals surface area contributed by atoms with Gasteiger partial charge in [0.2, 0.25) is 0 Å². The predicted octanol–water partition coefficient (Wildman–Crippen LogP) is 3.00. The molecule has 3 heteroatoms. The molecular weight excluding hydrogens is 228 g/mol. The lowest BCUT2D eigenvalue weighted by Crippen LogP contribution is -2.56. The lowest BCUT2D eigenvalue weighted by Gasteiger charge is -2.43. The summed E-state index contributed by atoms with van der Waals surface area (Å²) in [7, 11) is 4.29. The first-order valence-electron chi connectivity index (χ1n) is 6.45. The Bertz CT molecular complexity index is 310. The van der Waals surface area contributed by atoms with E-state index in [9.17, 15) is 0 Å². The average Bonchev–Trinajstić information content (AvgIpc) is 2.86. The number of rotatable bonds is 7. The summed E-state index contributed by atoms with van der Waals surface area (Å²) in [5, 5.41) is 5.55. The van der Waals surface area contributed by atoms with E-state index in [1.165, 1.54) is 4.88 Å². The molecule has 1 N–H and O–H groups in total. The molecule has 0 spiro atoms. The minimum Gasteiger partial charge on any atom is -0.315 e. The zero-order valence-electron chi connectivity index (χ0n) is 11.8. The van der Waals surface area contributed by atoms with Crippen LogP contribution in [0.15, 0.2) is 17.5 Å². The van der Waals surface area contributed by atoms with Crippen LogP contribution in [-0.4, -0.2) is 37.1 Å². The molecule has 17 heavy (non-hydrogen) atoms. The number of nitrogens with zero attached hydrogens (tertiary/aromatic N) is 1. The first kappa shape index (κ1) is 14.7. The number of likely N-dealkylation sites (N-methyl/N-ethyl adjacent to an activating group) is 2.